The average Bonchev–Trinajstić information content (AvgIpc) is 2.29. The van der Waals surface area contributed by atoms with Crippen LogP contribution in [0.4, 0.5) is 0 Å². The van der Waals surface area contributed by atoms with Crippen LogP contribution < -0.4 is 4.74 Å². The molecular formula is C11H10N2O3. The summed E-state index contributed by atoms with van der Waals surface area (Å²) in [6, 6.07) is 7.14. The molecule has 82 valence electrons. The van der Waals surface area contributed by atoms with Crippen molar-refractivity contribution in [3.8, 4) is 5.88 Å². The summed E-state index contributed by atoms with van der Waals surface area (Å²) in [6.45, 7) is 2.25. The number of para-hydroxylation sites is 1. The molecule has 0 aliphatic heterocycles. The highest BCUT2D eigenvalue weighted by molar-refractivity contribution is 5.89. The van der Waals surface area contributed by atoms with Crippen LogP contribution in [0.1, 0.15) is 17.5 Å². The second-order valence-electron chi connectivity index (χ2n) is 3.11. The Morgan fingerprint density at radius 2 is 2.12 bits per heavy atom. The van der Waals surface area contributed by atoms with Gasteiger partial charge < -0.3 is 9.84 Å². The molecule has 0 amide bonds. The molecule has 1 heterocycles. The quantitative estimate of drug-likeness (QED) is 0.849. The molecule has 0 fully saturated rings. The Morgan fingerprint density at radius 3 is 2.81 bits per heavy atom. The summed E-state index contributed by atoms with van der Waals surface area (Å²) in [7, 11) is 0. The fraction of sp³-hybridized carbons (Fsp3) is 0.182. The number of ether oxygens (including phenoxy) is 1. The third kappa shape index (κ3) is 1.79. The van der Waals surface area contributed by atoms with Gasteiger partial charge >= 0.3 is 5.97 Å². The highest BCUT2D eigenvalue weighted by Gasteiger charge is 2.12. The van der Waals surface area contributed by atoms with Crippen molar-refractivity contribution in [3.63, 3.8) is 0 Å². The van der Waals surface area contributed by atoms with Gasteiger partial charge in [-0.25, -0.2) is 9.78 Å². The number of hydrogen-bond donors (Lipinski definition) is 1. The molecule has 0 spiro atoms. The number of hydrogen-bond acceptors (Lipinski definition) is 4. The molecule has 1 aromatic carbocycles. The monoisotopic (exact) mass is 218 g/mol. The Labute approximate surface area is 91.7 Å². The lowest BCUT2D eigenvalue weighted by atomic mass is 10.2. The zero-order valence-electron chi connectivity index (χ0n) is 8.67. The molecular weight excluding hydrogens is 208 g/mol. The first-order chi connectivity index (χ1) is 7.72. The minimum Gasteiger partial charge on any atom is -0.477 e. The lowest BCUT2D eigenvalue weighted by Gasteiger charge is -2.06. The van der Waals surface area contributed by atoms with Gasteiger partial charge in [0.05, 0.1) is 17.5 Å². The van der Waals surface area contributed by atoms with Crippen LogP contribution in [0.25, 0.3) is 10.9 Å². The van der Waals surface area contributed by atoms with Crippen molar-refractivity contribution in [1.82, 2.24) is 9.97 Å². The van der Waals surface area contributed by atoms with E-state index in [1.165, 1.54) is 0 Å². The molecule has 1 aromatic heterocycles. The molecule has 0 aliphatic rings. The molecule has 0 saturated carbocycles. The number of benzene rings is 1. The van der Waals surface area contributed by atoms with Crippen molar-refractivity contribution in [2.75, 3.05) is 6.61 Å². The second kappa shape index (κ2) is 4.14. The van der Waals surface area contributed by atoms with Gasteiger partial charge in [-0.15, -0.1) is 0 Å². The van der Waals surface area contributed by atoms with Crippen molar-refractivity contribution in [3.05, 3.63) is 30.1 Å². The van der Waals surface area contributed by atoms with E-state index in [4.69, 9.17) is 9.84 Å². The third-order valence-electron chi connectivity index (χ3n) is 2.04. The predicted octanol–water partition coefficient (Wildman–Crippen LogP) is 1.73. The first-order valence-corrected chi connectivity index (χ1v) is 4.85. The van der Waals surface area contributed by atoms with Gasteiger partial charge in [-0.05, 0) is 19.1 Å². The van der Waals surface area contributed by atoms with Crippen LogP contribution in [0.2, 0.25) is 0 Å². The highest BCUT2D eigenvalue weighted by Crippen LogP contribution is 2.21. The molecule has 0 radical (unpaired) electrons. The number of fused-ring (bicyclic) bond motifs is 1. The molecule has 0 atom stereocenters. The molecule has 2 aromatic rings. The lowest BCUT2D eigenvalue weighted by Crippen LogP contribution is -2.07. The fourth-order valence-corrected chi connectivity index (χ4v) is 1.39. The summed E-state index contributed by atoms with van der Waals surface area (Å²) >= 11 is 0. The number of aromatic carboxylic acids is 1. The maximum Gasteiger partial charge on any atom is 0.374 e. The Balaban J connectivity index is 2.68. The minimum absolute atomic E-state index is 0.248. The third-order valence-corrected chi connectivity index (χ3v) is 2.04. The van der Waals surface area contributed by atoms with Crippen LogP contribution in [-0.2, 0) is 0 Å². The highest BCUT2D eigenvalue weighted by atomic mass is 16.5. The summed E-state index contributed by atoms with van der Waals surface area (Å²) in [5.41, 5.74) is 0.568. The summed E-state index contributed by atoms with van der Waals surface area (Å²) in [5.74, 6) is -1.10. The van der Waals surface area contributed by atoms with Crippen LogP contribution in [0.15, 0.2) is 24.3 Å². The SMILES string of the molecule is CCOc1nc(C(=O)O)nc2ccccc12. The standard InChI is InChI=1S/C11H10N2O3/c1-2-16-10-7-5-3-4-6-8(7)12-9(13-10)11(14)15/h3-6H,2H2,1H3,(H,14,15). The summed E-state index contributed by atoms with van der Waals surface area (Å²) in [4.78, 5) is 18.6. The van der Waals surface area contributed by atoms with Crippen molar-refractivity contribution < 1.29 is 14.6 Å². The van der Waals surface area contributed by atoms with Gasteiger partial charge in [-0.3, -0.25) is 0 Å². The first kappa shape index (κ1) is 10.4. The van der Waals surface area contributed by atoms with Gasteiger partial charge in [0.2, 0.25) is 11.7 Å². The Morgan fingerprint density at radius 1 is 1.38 bits per heavy atom. The molecule has 0 bridgehead atoms. The number of carboxylic acids is 1. The largest absolute Gasteiger partial charge is 0.477 e. The van der Waals surface area contributed by atoms with Crippen molar-refractivity contribution >= 4 is 16.9 Å². The molecule has 0 unspecified atom stereocenters. The van der Waals surface area contributed by atoms with Crippen molar-refractivity contribution in [2.45, 2.75) is 6.92 Å². The van der Waals surface area contributed by atoms with Gasteiger partial charge in [0, 0.05) is 0 Å². The van der Waals surface area contributed by atoms with Gasteiger partial charge in [-0.1, -0.05) is 12.1 Å². The molecule has 0 aliphatic carbocycles. The summed E-state index contributed by atoms with van der Waals surface area (Å²) in [6.07, 6.45) is 0. The maximum atomic E-state index is 10.8. The number of rotatable bonds is 3. The van der Waals surface area contributed by atoms with E-state index >= 15 is 0 Å². The lowest BCUT2D eigenvalue weighted by molar-refractivity contribution is 0.0682. The first-order valence-electron chi connectivity index (χ1n) is 4.85. The van der Waals surface area contributed by atoms with Gasteiger partial charge in [-0.2, -0.15) is 4.98 Å². The van der Waals surface area contributed by atoms with Crippen LogP contribution in [0, 0.1) is 0 Å². The van der Waals surface area contributed by atoms with E-state index in [1.54, 1.807) is 18.2 Å². The topological polar surface area (TPSA) is 72.3 Å². The Hall–Kier alpha value is -2.17. The van der Waals surface area contributed by atoms with Crippen molar-refractivity contribution in [1.29, 1.82) is 0 Å². The van der Waals surface area contributed by atoms with Crippen LogP contribution in [0.5, 0.6) is 5.88 Å². The minimum atomic E-state index is -1.16. The van der Waals surface area contributed by atoms with Crippen LogP contribution in [-0.4, -0.2) is 27.7 Å². The number of aromatic nitrogens is 2. The summed E-state index contributed by atoms with van der Waals surface area (Å²) in [5, 5.41) is 9.57. The number of nitrogens with zero attached hydrogens (tertiary/aromatic N) is 2. The molecule has 0 saturated heterocycles. The van der Waals surface area contributed by atoms with Gasteiger partial charge in [0.1, 0.15) is 0 Å². The molecule has 5 nitrogen and oxygen atoms in total. The molecule has 5 heteroatoms. The zero-order chi connectivity index (χ0) is 11.5. The smallest absolute Gasteiger partial charge is 0.374 e. The number of carboxylic acid groups (broad SMARTS) is 1. The van der Waals surface area contributed by atoms with E-state index in [0.717, 1.165) is 0 Å². The van der Waals surface area contributed by atoms with E-state index in [0.29, 0.717) is 23.4 Å². The van der Waals surface area contributed by atoms with E-state index in [9.17, 15) is 4.79 Å². The number of carbonyl (C=O) groups is 1. The second-order valence-corrected chi connectivity index (χ2v) is 3.11. The molecule has 2 rings (SSSR count). The predicted molar refractivity (Wildman–Crippen MR) is 57.7 cm³/mol. The maximum absolute atomic E-state index is 10.8. The van der Waals surface area contributed by atoms with Crippen molar-refractivity contribution in [2.24, 2.45) is 0 Å². The Bertz CT molecular complexity index is 540. The van der Waals surface area contributed by atoms with Crippen LogP contribution >= 0.6 is 0 Å². The van der Waals surface area contributed by atoms with Crippen LogP contribution in [0.3, 0.4) is 0 Å². The van der Waals surface area contributed by atoms with E-state index in [2.05, 4.69) is 9.97 Å². The molecule has 16 heavy (non-hydrogen) atoms. The van der Waals surface area contributed by atoms with Gasteiger partial charge in [0.15, 0.2) is 0 Å². The van der Waals surface area contributed by atoms with E-state index in [-0.39, 0.29) is 5.82 Å². The fourth-order valence-electron chi connectivity index (χ4n) is 1.39. The zero-order valence-corrected chi connectivity index (χ0v) is 8.67. The normalized spacial score (nSPS) is 10.3. The van der Waals surface area contributed by atoms with E-state index in [1.807, 2.05) is 13.0 Å². The Kier molecular flexibility index (Phi) is 2.68. The van der Waals surface area contributed by atoms with Gasteiger partial charge in [0.25, 0.3) is 0 Å². The molecule has 1 N–H and O–H groups in total. The average molecular weight is 218 g/mol. The van der Waals surface area contributed by atoms with E-state index < -0.39 is 5.97 Å². The summed E-state index contributed by atoms with van der Waals surface area (Å²) < 4.78 is 5.30.